The average molecular weight is 435 g/mol. The van der Waals surface area contributed by atoms with E-state index in [1.807, 2.05) is 6.92 Å². The van der Waals surface area contributed by atoms with Gasteiger partial charge in [-0.3, -0.25) is 9.48 Å². The summed E-state index contributed by atoms with van der Waals surface area (Å²) in [6.07, 6.45) is -3.22. The van der Waals surface area contributed by atoms with Gasteiger partial charge in [0, 0.05) is 25.7 Å². The van der Waals surface area contributed by atoms with Crippen LogP contribution < -0.4 is 0 Å². The van der Waals surface area contributed by atoms with Gasteiger partial charge in [0.15, 0.2) is 11.9 Å². The van der Waals surface area contributed by atoms with E-state index in [0.29, 0.717) is 24.3 Å². The van der Waals surface area contributed by atoms with Gasteiger partial charge in [-0.25, -0.2) is 0 Å². The Bertz CT molecular complexity index is 1060. The topological polar surface area (TPSA) is 86.3 Å². The van der Waals surface area contributed by atoms with Crippen molar-refractivity contribution < 1.29 is 27.2 Å². The number of hydrogen-bond acceptors (Lipinski definition) is 6. The van der Waals surface area contributed by atoms with Gasteiger partial charge in [0.1, 0.15) is 5.69 Å². The molecular weight excluding hydrogens is 415 g/mol. The Morgan fingerprint density at radius 2 is 2.13 bits per heavy atom. The number of ether oxygens (including phenoxy) is 1. The molecule has 1 unspecified atom stereocenters. The molecule has 1 aliphatic rings. The number of benzene rings is 1. The zero-order valence-electron chi connectivity index (χ0n) is 16.7. The number of rotatable bonds is 5. The number of nitrogens with zero attached hydrogens (tertiary/aromatic N) is 5. The fourth-order valence-corrected chi connectivity index (χ4v) is 3.31. The first kappa shape index (κ1) is 21.0. The standard InChI is InChI=1S/C20H20F3N5O3/c1-2-28-7-6-15(25-28)19(29)27-8-9-30-16(12-27)18-24-17(26-31-18)11-13-4-3-5-14(10-13)20(21,22)23/h3-7,10,16H,2,8-9,11-12H2,1H3. The van der Waals surface area contributed by atoms with E-state index >= 15 is 0 Å². The highest BCUT2D eigenvalue weighted by molar-refractivity contribution is 5.92. The Morgan fingerprint density at radius 3 is 2.87 bits per heavy atom. The second-order valence-corrected chi connectivity index (χ2v) is 7.09. The van der Waals surface area contributed by atoms with Gasteiger partial charge in [-0.05, 0) is 24.6 Å². The van der Waals surface area contributed by atoms with E-state index in [-0.39, 0.29) is 37.2 Å². The first-order valence-corrected chi connectivity index (χ1v) is 9.76. The summed E-state index contributed by atoms with van der Waals surface area (Å²) in [5.74, 6) is 0.200. The highest BCUT2D eigenvalue weighted by Crippen LogP contribution is 2.30. The summed E-state index contributed by atoms with van der Waals surface area (Å²) in [4.78, 5) is 18.6. The fraction of sp³-hybridized carbons (Fsp3) is 0.400. The third-order valence-corrected chi connectivity index (χ3v) is 4.91. The summed E-state index contributed by atoms with van der Waals surface area (Å²) in [5, 5.41) is 8.08. The van der Waals surface area contributed by atoms with Crippen LogP contribution in [0.25, 0.3) is 0 Å². The molecular formula is C20H20F3N5O3. The molecule has 0 bridgehead atoms. The molecule has 0 spiro atoms. The first-order chi connectivity index (χ1) is 14.8. The predicted octanol–water partition coefficient (Wildman–Crippen LogP) is 3.11. The molecule has 8 nitrogen and oxygen atoms in total. The third kappa shape index (κ3) is 4.76. The lowest BCUT2D eigenvalue weighted by Gasteiger charge is -2.30. The smallest absolute Gasteiger partial charge is 0.365 e. The third-order valence-electron chi connectivity index (χ3n) is 4.91. The number of morpholine rings is 1. The molecule has 3 heterocycles. The monoisotopic (exact) mass is 435 g/mol. The van der Waals surface area contributed by atoms with Crippen molar-refractivity contribution in [2.75, 3.05) is 19.7 Å². The molecule has 1 aromatic carbocycles. The zero-order valence-corrected chi connectivity index (χ0v) is 16.7. The quantitative estimate of drug-likeness (QED) is 0.612. The Balaban J connectivity index is 1.43. The molecule has 1 fully saturated rings. The second-order valence-electron chi connectivity index (χ2n) is 7.09. The van der Waals surface area contributed by atoms with Crippen molar-refractivity contribution in [3.05, 3.63) is 65.1 Å². The Hall–Kier alpha value is -3.21. The number of alkyl halides is 3. The van der Waals surface area contributed by atoms with Crippen LogP contribution in [0.1, 0.15) is 46.4 Å². The molecule has 11 heteroatoms. The van der Waals surface area contributed by atoms with Crippen LogP contribution in [0.4, 0.5) is 13.2 Å². The van der Waals surface area contributed by atoms with Crippen LogP contribution in [0, 0.1) is 0 Å². The molecule has 1 saturated heterocycles. The first-order valence-electron chi connectivity index (χ1n) is 9.76. The molecule has 1 amide bonds. The van der Waals surface area contributed by atoms with E-state index in [1.165, 1.54) is 6.07 Å². The molecule has 2 aromatic heterocycles. The number of aryl methyl sites for hydroxylation is 1. The van der Waals surface area contributed by atoms with Crippen LogP contribution in [0.2, 0.25) is 0 Å². The van der Waals surface area contributed by atoms with Crippen LogP contribution >= 0.6 is 0 Å². The Labute approximate surface area is 175 Å². The molecule has 31 heavy (non-hydrogen) atoms. The molecule has 0 radical (unpaired) electrons. The molecule has 0 N–H and O–H groups in total. The SMILES string of the molecule is CCn1ccc(C(=O)N2CCOC(c3nc(Cc4cccc(C(F)(F)F)c4)no3)C2)n1. The maximum absolute atomic E-state index is 12.9. The number of carbonyl (C=O) groups is 1. The molecule has 0 aliphatic carbocycles. The maximum atomic E-state index is 12.9. The highest BCUT2D eigenvalue weighted by Gasteiger charge is 2.32. The number of halogens is 3. The van der Waals surface area contributed by atoms with Crippen molar-refractivity contribution in [3.8, 4) is 0 Å². The van der Waals surface area contributed by atoms with Gasteiger partial charge in [0.05, 0.1) is 18.7 Å². The van der Waals surface area contributed by atoms with Crippen molar-refractivity contribution in [2.45, 2.75) is 32.2 Å². The molecule has 1 aliphatic heterocycles. The minimum atomic E-state index is -4.42. The second kappa shape index (κ2) is 8.50. The summed E-state index contributed by atoms with van der Waals surface area (Å²) in [6.45, 7) is 3.49. The van der Waals surface area contributed by atoms with Gasteiger partial charge in [-0.15, -0.1) is 0 Å². The minimum absolute atomic E-state index is 0.0806. The zero-order chi connectivity index (χ0) is 22.0. The van der Waals surface area contributed by atoms with Gasteiger partial charge in [-0.2, -0.15) is 23.3 Å². The van der Waals surface area contributed by atoms with Crippen molar-refractivity contribution in [1.82, 2.24) is 24.8 Å². The molecule has 1 atom stereocenters. The summed E-state index contributed by atoms with van der Waals surface area (Å²) in [7, 11) is 0. The molecule has 4 rings (SSSR count). The average Bonchev–Trinajstić information content (AvgIpc) is 3.43. The van der Waals surface area contributed by atoms with Crippen molar-refractivity contribution in [3.63, 3.8) is 0 Å². The van der Waals surface area contributed by atoms with Crippen LogP contribution in [0.3, 0.4) is 0 Å². The Kier molecular flexibility index (Phi) is 5.77. The Morgan fingerprint density at radius 1 is 1.29 bits per heavy atom. The van der Waals surface area contributed by atoms with Crippen LogP contribution in [0.15, 0.2) is 41.1 Å². The van der Waals surface area contributed by atoms with Crippen LogP contribution in [-0.4, -0.2) is 50.4 Å². The summed E-state index contributed by atoms with van der Waals surface area (Å²) in [6, 6.07) is 6.64. The van der Waals surface area contributed by atoms with Crippen molar-refractivity contribution >= 4 is 5.91 Å². The largest absolute Gasteiger partial charge is 0.416 e. The van der Waals surface area contributed by atoms with Gasteiger partial charge in [0.2, 0.25) is 0 Å². The van der Waals surface area contributed by atoms with E-state index < -0.39 is 17.8 Å². The molecule has 164 valence electrons. The lowest BCUT2D eigenvalue weighted by Crippen LogP contribution is -2.42. The van der Waals surface area contributed by atoms with E-state index in [2.05, 4.69) is 15.2 Å². The highest BCUT2D eigenvalue weighted by atomic mass is 19.4. The number of aromatic nitrogens is 4. The van der Waals surface area contributed by atoms with Gasteiger partial charge in [-0.1, -0.05) is 23.4 Å². The van der Waals surface area contributed by atoms with Gasteiger partial charge in [0.25, 0.3) is 11.8 Å². The normalized spacial score (nSPS) is 17.2. The predicted molar refractivity (Wildman–Crippen MR) is 101 cm³/mol. The van der Waals surface area contributed by atoms with Crippen LogP contribution in [-0.2, 0) is 23.9 Å². The number of amides is 1. The number of carbonyl (C=O) groups excluding carboxylic acids is 1. The summed E-state index contributed by atoms with van der Waals surface area (Å²) in [5.41, 5.74) is 0.0253. The fourth-order valence-electron chi connectivity index (χ4n) is 3.31. The van der Waals surface area contributed by atoms with E-state index in [9.17, 15) is 18.0 Å². The van der Waals surface area contributed by atoms with Crippen LogP contribution in [0.5, 0.6) is 0 Å². The van der Waals surface area contributed by atoms with Crippen molar-refractivity contribution in [1.29, 1.82) is 0 Å². The summed E-state index contributed by atoms with van der Waals surface area (Å²) >= 11 is 0. The lowest BCUT2D eigenvalue weighted by atomic mass is 10.1. The molecule has 0 saturated carbocycles. The molecule has 3 aromatic rings. The van der Waals surface area contributed by atoms with E-state index in [1.54, 1.807) is 27.9 Å². The van der Waals surface area contributed by atoms with E-state index in [0.717, 1.165) is 12.1 Å². The van der Waals surface area contributed by atoms with Gasteiger partial charge >= 0.3 is 6.18 Å². The van der Waals surface area contributed by atoms with Gasteiger partial charge < -0.3 is 14.2 Å². The van der Waals surface area contributed by atoms with E-state index in [4.69, 9.17) is 9.26 Å². The van der Waals surface area contributed by atoms with Crippen molar-refractivity contribution in [2.24, 2.45) is 0 Å². The number of hydrogen-bond donors (Lipinski definition) is 0. The summed E-state index contributed by atoms with van der Waals surface area (Å²) < 4.78 is 51.3. The minimum Gasteiger partial charge on any atom is -0.365 e. The maximum Gasteiger partial charge on any atom is 0.416 e. The lowest BCUT2D eigenvalue weighted by molar-refractivity contribution is -0.137.